The minimum Gasteiger partial charge on any atom is -0.322 e. The fourth-order valence-electron chi connectivity index (χ4n) is 3.28. The Labute approximate surface area is 168 Å². The summed E-state index contributed by atoms with van der Waals surface area (Å²) in [5, 5.41) is 4.85. The van der Waals surface area contributed by atoms with E-state index in [1.807, 2.05) is 42.6 Å². The zero-order valence-electron chi connectivity index (χ0n) is 15.4. The van der Waals surface area contributed by atoms with Gasteiger partial charge in [-0.25, -0.2) is 8.42 Å². The van der Waals surface area contributed by atoms with Gasteiger partial charge >= 0.3 is 0 Å². The van der Waals surface area contributed by atoms with Crippen molar-refractivity contribution in [3.8, 4) is 0 Å². The van der Waals surface area contributed by atoms with Crippen molar-refractivity contribution >= 4 is 33.0 Å². The number of hydrogen-bond donors (Lipinski definition) is 1. The molecule has 144 valence electrons. The Kier molecular flexibility index (Phi) is 5.05. The number of sulfonamides is 1. The van der Waals surface area contributed by atoms with Crippen LogP contribution < -0.4 is 5.32 Å². The lowest BCUT2D eigenvalue weighted by molar-refractivity contribution is 0.102. The van der Waals surface area contributed by atoms with E-state index < -0.39 is 10.0 Å². The standard InChI is InChI=1S/C21H20N2O3S2/c1-15-5-2-3-8-19(15)22-21(24)16-6-4-7-18(13-16)28(25,26)23-11-9-20-17(14-23)10-12-27-20/h2-8,10,12-13H,9,11,14H2,1H3,(H,22,24). The molecule has 1 N–H and O–H groups in total. The van der Waals surface area contributed by atoms with Crippen LogP contribution in [0.25, 0.3) is 0 Å². The van der Waals surface area contributed by atoms with Crippen molar-refractivity contribution in [2.45, 2.75) is 24.8 Å². The van der Waals surface area contributed by atoms with Gasteiger partial charge in [0, 0.05) is 29.2 Å². The number of carbonyl (C=O) groups excluding carboxylic acids is 1. The molecule has 1 aliphatic rings. The van der Waals surface area contributed by atoms with Crippen LogP contribution in [0.2, 0.25) is 0 Å². The van der Waals surface area contributed by atoms with Crippen LogP contribution in [-0.2, 0) is 23.0 Å². The fourth-order valence-corrected chi connectivity index (χ4v) is 5.64. The van der Waals surface area contributed by atoms with E-state index in [4.69, 9.17) is 0 Å². The van der Waals surface area contributed by atoms with E-state index in [0.29, 0.717) is 24.3 Å². The molecule has 0 saturated carbocycles. The first-order chi connectivity index (χ1) is 13.4. The Morgan fingerprint density at radius 2 is 1.93 bits per heavy atom. The number of amides is 1. The summed E-state index contributed by atoms with van der Waals surface area (Å²) in [5.41, 5.74) is 3.03. The number of benzene rings is 2. The first kappa shape index (κ1) is 18.9. The Balaban J connectivity index is 1.58. The zero-order valence-corrected chi connectivity index (χ0v) is 17.0. The van der Waals surface area contributed by atoms with Gasteiger partial charge in [-0.2, -0.15) is 4.31 Å². The van der Waals surface area contributed by atoms with Crippen molar-refractivity contribution in [2.75, 3.05) is 11.9 Å². The van der Waals surface area contributed by atoms with E-state index in [1.54, 1.807) is 29.5 Å². The lowest BCUT2D eigenvalue weighted by Crippen LogP contribution is -2.35. The topological polar surface area (TPSA) is 66.5 Å². The molecule has 28 heavy (non-hydrogen) atoms. The Morgan fingerprint density at radius 3 is 2.75 bits per heavy atom. The van der Waals surface area contributed by atoms with E-state index in [-0.39, 0.29) is 10.8 Å². The molecular formula is C21H20N2O3S2. The summed E-state index contributed by atoms with van der Waals surface area (Å²) in [6.45, 7) is 2.74. The summed E-state index contributed by atoms with van der Waals surface area (Å²) in [4.78, 5) is 14.0. The third-order valence-electron chi connectivity index (χ3n) is 4.90. The van der Waals surface area contributed by atoms with Crippen LogP contribution in [0.1, 0.15) is 26.4 Å². The molecule has 1 aromatic heterocycles. The average Bonchev–Trinajstić information content (AvgIpc) is 3.17. The highest BCUT2D eigenvalue weighted by Gasteiger charge is 2.29. The van der Waals surface area contributed by atoms with Crippen LogP contribution in [0.5, 0.6) is 0 Å². The largest absolute Gasteiger partial charge is 0.322 e. The Hall–Kier alpha value is -2.48. The number of para-hydroxylation sites is 1. The molecule has 0 bridgehead atoms. The van der Waals surface area contributed by atoms with Crippen molar-refractivity contribution in [3.63, 3.8) is 0 Å². The second-order valence-corrected chi connectivity index (χ2v) is 9.69. The second kappa shape index (κ2) is 7.50. The number of fused-ring (bicyclic) bond motifs is 1. The number of thiophene rings is 1. The summed E-state index contributed by atoms with van der Waals surface area (Å²) < 4.78 is 27.7. The van der Waals surface area contributed by atoms with Crippen LogP contribution in [-0.4, -0.2) is 25.2 Å². The van der Waals surface area contributed by atoms with Crippen molar-refractivity contribution in [3.05, 3.63) is 81.5 Å². The molecule has 0 aliphatic carbocycles. The molecule has 0 saturated heterocycles. The third kappa shape index (κ3) is 3.61. The smallest absolute Gasteiger partial charge is 0.255 e. The molecule has 0 unspecified atom stereocenters. The molecule has 0 fully saturated rings. The maximum absolute atomic E-state index is 13.1. The second-order valence-electron chi connectivity index (χ2n) is 6.75. The minimum absolute atomic E-state index is 0.142. The Morgan fingerprint density at radius 1 is 1.11 bits per heavy atom. The number of nitrogens with zero attached hydrogens (tertiary/aromatic N) is 1. The monoisotopic (exact) mass is 412 g/mol. The van der Waals surface area contributed by atoms with Gasteiger partial charge in [0.25, 0.3) is 5.91 Å². The van der Waals surface area contributed by atoms with E-state index in [2.05, 4.69) is 5.32 Å². The van der Waals surface area contributed by atoms with Crippen molar-refractivity contribution in [2.24, 2.45) is 0 Å². The summed E-state index contributed by atoms with van der Waals surface area (Å²) in [6.07, 6.45) is 0.722. The van der Waals surface area contributed by atoms with Gasteiger partial charge in [0.2, 0.25) is 10.0 Å². The summed E-state index contributed by atoms with van der Waals surface area (Å²) in [6, 6.07) is 15.7. The Bertz CT molecular complexity index is 1140. The highest BCUT2D eigenvalue weighted by Crippen LogP contribution is 2.28. The summed E-state index contributed by atoms with van der Waals surface area (Å²) in [5.74, 6) is -0.329. The van der Waals surface area contributed by atoms with E-state index in [0.717, 1.165) is 17.5 Å². The van der Waals surface area contributed by atoms with Crippen molar-refractivity contribution in [1.29, 1.82) is 0 Å². The molecule has 7 heteroatoms. The van der Waals surface area contributed by atoms with Crippen LogP contribution in [0.4, 0.5) is 5.69 Å². The van der Waals surface area contributed by atoms with Crippen LogP contribution in [0, 0.1) is 6.92 Å². The quantitative estimate of drug-likeness (QED) is 0.703. The van der Waals surface area contributed by atoms with E-state index >= 15 is 0 Å². The number of carbonyl (C=O) groups is 1. The van der Waals surface area contributed by atoms with E-state index in [1.165, 1.54) is 15.2 Å². The van der Waals surface area contributed by atoms with Crippen LogP contribution in [0.3, 0.4) is 0 Å². The molecule has 2 aromatic carbocycles. The minimum atomic E-state index is -3.66. The van der Waals surface area contributed by atoms with Gasteiger partial charge in [0.15, 0.2) is 0 Å². The predicted molar refractivity (Wildman–Crippen MR) is 111 cm³/mol. The number of nitrogens with one attached hydrogen (secondary N) is 1. The van der Waals surface area contributed by atoms with Gasteiger partial charge in [0.1, 0.15) is 0 Å². The molecule has 0 radical (unpaired) electrons. The highest BCUT2D eigenvalue weighted by atomic mass is 32.2. The van der Waals surface area contributed by atoms with Crippen LogP contribution in [0.15, 0.2) is 64.9 Å². The SMILES string of the molecule is Cc1ccccc1NC(=O)c1cccc(S(=O)(=O)N2CCc3sccc3C2)c1. The number of aryl methyl sites for hydroxylation is 1. The molecule has 0 atom stereocenters. The first-order valence-electron chi connectivity index (χ1n) is 8.97. The fraction of sp³-hybridized carbons (Fsp3) is 0.190. The third-order valence-corrected chi connectivity index (χ3v) is 7.76. The normalized spacial score (nSPS) is 14.5. The van der Waals surface area contributed by atoms with Gasteiger partial charge in [-0.1, -0.05) is 24.3 Å². The molecule has 5 nitrogen and oxygen atoms in total. The lowest BCUT2D eigenvalue weighted by atomic mass is 10.1. The lowest BCUT2D eigenvalue weighted by Gasteiger charge is -2.26. The van der Waals surface area contributed by atoms with Gasteiger partial charge < -0.3 is 5.32 Å². The summed E-state index contributed by atoms with van der Waals surface area (Å²) >= 11 is 1.67. The zero-order chi connectivity index (χ0) is 19.7. The number of anilines is 1. The van der Waals surface area contributed by atoms with Crippen LogP contribution >= 0.6 is 11.3 Å². The molecule has 0 spiro atoms. The predicted octanol–water partition coefficient (Wildman–Crippen LogP) is 4.06. The molecule has 4 rings (SSSR count). The maximum atomic E-state index is 13.1. The molecule has 3 aromatic rings. The van der Waals surface area contributed by atoms with Gasteiger partial charge in [-0.05, 0) is 60.2 Å². The number of hydrogen-bond acceptors (Lipinski definition) is 4. The average molecular weight is 413 g/mol. The highest BCUT2D eigenvalue weighted by molar-refractivity contribution is 7.89. The molecule has 2 heterocycles. The van der Waals surface area contributed by atoms with Gasteiger partial charge in [0.05, 0.1) is 4.90 Å². The van der Waals surface area contributed by atoms with Gasteiger partial charge in [-0.3, -0.25) is 4.79 Å². The summed E-state index contributed by atoms with van der Waals surface area (Å²) in [7, 11) is -3.66. The van der Waals surface area contributed by atoms with Crippen molar-refractivity contribution < 1.29 is 13.2 Å². The van der Waals surface area contributed by atoms with E-state index in [9.17, 15) is 13.2 Å². The number of rotatable bonds is 4. The van der Waals surface area contributed by atoms with Gasteiger partial charge in [-0.15, -0.1) is 11.3 Å². The molecule has 1 aliphatic heterocycles. The first-order valence-corrected chi connectivity index (χ1v) is 11.3. The molecule has 1 amide bonds. The van der Waals surface area contributed by atoms with Crippen molar-refractivity contribution in [1.82, 2.24) is 4.31 Å². The molecular weight excluding hydrogens is 392 g/mol. The maximum Gasteiger partial charge on any atom is 0.255 e.